The zero-order valence-corrected chi connectivity index (χ0v) is 40.4. The number of piperidine rings is 1. The molecule has 3 aliphatic rings. The lowest BCUT2D eigenvalue weighted by Gasteiger charge is -2.33. The largest absolute Gasteiger partial charge is 0.493 e. The van der Waals surface area contributed by atoms with Gasteiger partial charge in [-0.2, -0.15) is 0 Å². The Morgan fingerprint density at radius 3 is 2.08 bits per heavy atom. The van der Waals surface area contributed by atoms with E-state index in [9.17, 15) is 32.9 Å². The predicted octanol–water partition coefficient (Wildman–Crippen LogP) is 4.90. The summed E-state index contributed by atoms with van der Waals surface area (Å²) < 4.78 is 100. The number of imide groups is 1. The Balaban J connectivity index is 0.634. The first kappa shape index (κ1) is 53.0. The van der Waals surface area contributed by atoms with Crippen LogP contribution in [0.4, 0.5) is 18.9 Å². The average molecular weight is 1040 g/mol. The number of aliphatic hydroxyl groups excluding tert-OH is 1. The van der Waals surface area contributed by atoms with Gasteiger partial charge in [-0.05, 0) is 66.9 Å². The zero-order chi connectivity index (χ0) is 51.3. The molecule has 19 nitrogen and oxygen atoms in total. The average Bonchev–Trinajstić information content (AvgIpc) is 4.09. The van der Waals surface area contributed by atoms with E-state index in [4.69, 9.17) is 33.2 Å². The molecule has 0 spiro atoms. The van der Waals surface area contributed by atoms with E-state index in [1.807, 2.05) is 12.1 Å². The molecule has 4 atom stereocenters. The molecule has 5 aromatic rings. The number of anilines is 1. The summed E-state index contributed by atoms with van der Waals surface area (Å²) in [5.41, 5.74) is 0.951. The molecule has 2 saturated heterocycles. The van der Waals surface area contributed by atoms with Crippen molar-refractivity contribution >= 4 is 51.4 Å². The van der Waals surface area contributed by atoms with Crippen LogP contribution < -0.4 is 19.5 Å². The molecule has 3 aromatic carbocycles. The van der Waals surface area contributed by atoms with Crippen LogP contribution >= 0.6 is 0 Å². The van der Waals surface area contributed by atoms with Crippen molar-refractivity contribution in [1.82, 2.24) is 24.5 Å². The number of aromatic nitrogens is 2. The van der Waals surface area contributed by atoms with Crippen molar-refractivity contribution in [3.05, 3.63) is 107 Å². The second-order valence-corrected chi connectivity index (χ2v) is 18.2. The van der Waals surface area contributed by atoms with Gasteiger partial charge in [-0.15, -0.1) is 0 Å². The second kappa shape index (κ2) is 25.6. The minimum Gasteiger partial charge on any atom is -0.493 e. The minimum absolute atomic E-state index is 0.0110. The maximum absolute atomic E-state index is 15.6. The summed E-state index contributed by atoms with van der Waals surface area (Å²) in [4.78, 5) is 59.4. The number of H-pyrrole nitrogens is 1. The highest BCUT2D eigenvalue weighted by molar-refractivity contribution is 7.84. The number of rotatable bonds is 28. The zero-order valence-electron chi connectivity index (χ0n) is 39.6. The van der Waals surface area contributed by atoms with Gasteiger partial charge in [0.25, 0.3) is 11.8 Å². The van der Waals surface area contributed by atoms with Crippen molar-refractivity contribution < 1.29 is 74.8 Å². The highest BCUT2D eigenvalue weighted by Gasteiger charge is 2.44. The van der Waals surface area contributed by atoms with Crippen LogP contribution in [0.15, 0.2) is 73.1 Å². The number of carbonyl (C=O) groups is 4. The third-order valence-electron chi connectivity index (χ3n) is 12.1. The number of ketones is 1. The molecule has 5 heterocycles. The monoisotopic (exact) mass is 1040 g/mol. The first-order valence-corrected chi connectivity index (χ1v) is 24.9. The molecular formula is C50H55F3N6O13S. The molecule has 4 unspecified atom stereocenters. The molecule has 8 rings (SSSR count). The van der Waals surface area contributed by atoms with E-state index in [2.05, 4.69) is 20.0 Å². The predicted molar refractivity (Wildman–Crippen MR) is 258 cm³/mol. The number of halogens is 3. The summed E-state index contributed by atoms with van der Waals surface area (Å²) in [6, 6.07) is 14.6. The Labute approximate surface area is 420 Å². The Morgan fingerprint density at radius 1 is 0.767 bits per heavy atom. The molecule has 2 fully saturated rings. The summed E-state index contributed by atoms with van der Waals surface area (Å²) >= 11 is -1.99. The highest BCUT2D eigenvalue weighted by atomic mass is 32.2. The van der Waals surface area contributed by atoms with Crippen molar-refractivity contribution in [2.45, 2.75) is 44.1 Å². The van der Waals surface area contributed by atoms with Crippen LogP contribution in [0, 0.1) is 11.6 Å². The number of aliphatic hydroxyl groups is 1. The number of carbonyl (C=O) groups excluding carboxylic acids is 4. The maximum Gasteiger partial charge on any atom is 0.262 e. The van der Waals surface area contributed by atoms with Gasteiger partial charge in [0.15, 0.2) is 17.0 Å². The van der Waals surface area contributed by atoms with Gasteiger partial charge in [-0.1, -0.05) is 12.1 Å². The molecular weight excluding hydrogens is 982 g/mol. The standard InChI is InChI=1S/C50H55F3N6O13S/c51-33-12-13-58(30-33)73(65)57-41-9-8-40(52)44(45(41)53)46(61)39-29-55-47-37(39)26-32(28-54-47)31-2-4-34(5-3-31)72-25-24-70-23-22-69-21-20-68-19-18-67-17-16-66-14-1-15-71-35-6-7-36-38(27-35)50(64)59(49(36)63)42-10-11-43(60)56-48(42)62/h2-9,26-29,33,42,48,57,62H,1,10-25,30H2,(H,54,55)(H,56,60). The van der Waals surface area contributed by atoms with Crippen LogP contribution in [-0.2, 0) is 39.7 Å². The SMILES string of the molecule is O=C1CCC(N2C(=O)c3ccc(OCCCOCCOCCOCCOCCOCCOc4ccc(-c5cnc6[nH]cc(C(=O)c7c(F)ccc(NS(=O)N8CCC(F)C8)c7F)c6c5)cc4)cc3C2=O)C(O)N1. The van der Waals surface area contributed by atoms with Gasteiger partial charge < -0.3 is 48.6 Å². The van der Waals surface area contributed by atoms with Crippen LogP contribution in [0.3, 0.4) is 0 Å². The molecule has 0 radical (unpaired) electrons. The van der Waals surface area contributed by atoms with Crippen molar-refractivity contribution in [2.75, 3.05) is 97.1 Å². The van der Waals surface area contributed by atoms with Crippen molar-refractivity contribution in [3.63, 3.8) is 0 Å². The normalized spacial score (nSPS) is 18.3. The van der Waals surface area contributed by atoms with Gasteiger partial charge in [0.1, 0.15) is 42.0 Å². The van der Waals surface area contributed by atoms with E-state index in [-0.39, 0.29) is 60.6 Å². The molecule has 0 aliphatic carbocycles. The van der Waals surface area contributed by atoms with Crippen LogP contribution in [-0.4, -0.2) is 163 Å². The van der Waals surface area contributed by atoms with E-state index in [0.717, 1.165) is 22.6 Å². The molecule has 390 valence electrons. The van der Waals surface area contributed by atoms with Crippen molar-refractivity contribution in [2.24, 2.45) is 0 Å². The molecule has 23 heteroatoms. The summed E-state index contributed by atoms with van der Waals surface area (Å²) in [5, 5.41) is 13.0. The number of fused-ring (bicyclic) bond motifs is 2. The lowest BCUT2D eigenvalue weighted by atomic mass is 10.00. The number of ether oxygens (including phenoxy) is 7. The molecule has 4 N–H and O–H groups in total. The number of aromatic amines is 1. The van der Waals surface area contributed by atoms with Gasteiger partial charge in [0.2, 0.25) is 11.7 Å². The van der Waals surface area contributed by atoms with Gasteiger partial charge in [0.05, 0.1) is 94.5 Å². The number of benzene rings is 3. The third-order valence-corrected chi connectivity index (χ3v) is 13.2. The van der Waals surface area contributed by atoms with Gasteiger partial charge in [0, 0.05) is 61.4 Å². The van der Waals surface area contributed by atoms with E-state index >= 15 is 8.78 Å². The smallest absolute Gasteiger partial charge is 0.262 e. The fourth-order valence-corrected chi connectivity index (χ4v) is 9.33. The molecule has 73 heavy (non-hydrogen) atoms. The van der Waals surface area contributed by atoms with Gasteiger partial charge >= 0.3 is 0 Å². The van der Waals surface area contributed by atoms with Gasteiger partial charge in [-0.25, -0.2) is 26.7 Å². The summed E-state index contributed by atoms with van der Waals surface area (Å²) in [5.74, 6) is -3.60. The summed E-state index contributed by atoms with van der Waals surface area (Å²) in [6.45, 7) is 4.60. The topological polar surface area (TPSA) is 229 Å². The first-order valence-electron chi connectivity index (χ1n) is 23.8. The fraction of sp³-hybridized carbons (Fsp3) is 0.420. The number of hydrogen-bond acceptors (Lipinski definition) is 14. The van der Waals surface area contributed by atoms with Crippen LogP contribution in [0.2, 0.25) is 0 Å². The van der Waals surface area contributed by atoms with E-state index in [0.29, 0.717) is 114 Å². The summed E-state index contributed by atoms with van der Waals surface area (Å²) in [6.07, 6.45) is 1.53. The van der Waals surface area contributed by atoms with E-state index < -0.39 is 64.4 Å². The number of amides is 3. The molecule has 3 aliphatic heterocycles. The number of hydrogen-bond donors (Lipinski definition) is 4. The van der Waals surface area contributed by atoms with Crippen LogP contribution in [0.5, 0.6) is 11.5 Å². The molecule has 0 saturated carbocycles. The number of nitrogens with one attached hydrogen (secondary N) is 3. The van der Waals surface area contributed by atoms with Crippen LogP contribution in [0.1, 0.15) is 62.3 Å². The highest BCUT2D eigenvalue weighted by Crippen LogP contribution is 2.33. The Kier molecular flexibility index (Phi) is 18.6. The third kappa shape index (κ3) is 13.5. The number of pyridine rings is 1. The van der Waals surface area contributed by atoms with Gasteiger partial charge in [-0.3, -0.25) is 28.8 Å². The fourth-order valence-electron chi connectivity index (χ4n) is 8.28. The van der Waals surface area contributed by atoms with E-state index in [1.165, 1.54) is 22.6 Å². The first-order chi connectivity index (χ1) is 35.5. The second-order valence-electron chi connectivity index (χ2n) is 17.0. The Morgan fingerprint density at radius 2 is 1.41 bits per heavy atom. The number of alkyl halides is 1. The molecule has 2 aromatic heterocycles. The van der Waals surface area contributed by atoms with Crippen LogP contribution in [0.25, 0.3) is 22.2 Å². The lowest BCUT2D eigenvalue weighted by molar-refractivity contribution is -0.129. The van der Waals surface area contributed by atoms with Crippen molar-refractivity contribution in [3.8, 4) is 22.6 Å². The number of nitrogens with zero attached hydrogens (tertiary/aromatic N) is 3. The quantitative estimate of drug-likeness (QED) is 0.0297. The maximum atomic E-state index is 15.6. The minimum atomic E-state index is -1.99. The summed E-state index contributed by atoms with van der Waals surface area (Å²) in [7, 11) is 0. The molecule has 3 amide bonds. The van der Waals surface area contributed by atoms with E-state index in [1.54, 1.807) is 30.5 Å². The molecule has 0 bridgehead atoms. The lowest BCUT2D eigenvalue weighted by Crippen LogP contribution is -2.57. The Bertz CT molecular complexity index is 2770. The Hall–Kier alpha value is -6.31. The van der Waals surface area contributed by atoms with Crippen molar-refractivity contribution in [1.29, 1.82) is 0 Å².